The molecule has 0 saturated carbocycles. The second-order valence-electron chi connectivity index (χ2n) is 8.07. The number of aromatic amines is 1. The van der Waals surface area contributed by atoms with Crippen molar-refractivity contribution in [2.24, 2.45) is 0 Å². The van der Waals surface area contributed by atoms with Gasteiger partial charge in [0.2, 0.25) is 5.75 Å². The molecule has 1 fully saturated rings. The molecule has 0 bridgehead atoms. The average Bonchev–Trinajstić information content (AvgIpc) is 3.38. The number of aromatic nitrogens is 2. The SMILES string of the molecule is COc1cc(-c2cc(C(=O)N3CCC(S(=O)(=O)c4ccc(F)cc4)CC3)[nH]n2)cc(OC)c1OC. The van der Waals surface area contributed by atoms with E-state index in [0.717, 1.165) is 12.1 Å². The van der Waals surface area contributed by atoms with Gasteiger partial charge in [0.25, 0.3) is 5.91 Å². The van der Waals surface area contributed by atoms with Crippen molar-refractivity contribution in [3.05, 3.63) is 54.0 Å². The van der Waals surface area contributed by atoms with Crippen LogP contribution in [0.4, 0.5) is 4.39 Å². The van der Waals surface area contributed by atoms with E-state index in [1.165, 1.54) is 33.5 Å². The van der Waals surface area contributed by atoms with Crippen LogP contribution in [0.15, 0.2) is 47.4 Å². The summed E-state index contributed by atoms with van der Waals surface area (Å²) in [5, 5.41) is 6.40. The molecule has 0 radical (unpaired) electrons. The van der Waals surface area contributed by atoms with Crippen LogP contribution >= 0.6 is 0 Å². The molecule has 0 unspecified atom stereocenters. The molecule has 4 rings (SSSR count). The summed E-state index contributed by atoms with van der Waals surface area (Å²) in [6, 6.07) is 9.92. The standard InChI is InChI=1S/C24H26FN3O6S/c1-32-21-12-15(13-22(33-2)23(21)34-3)19-14-20(27-26-19)24(29)28-10-8-18(9-11-28)35(30,31)17-6-4-16(25)5-7-17/h4-7,12-14,18H,8-11H2,1-3H3,(H,26,27). The van der Waals surface area contributed by atoms with Gasteiger partial charge in [-0.2, -0.15) is 5.10 Å². The van der Waals surface area contributed by atoms with E-state index in [0.29, 0.717) is 41.3 Å². The maximum absolute atomic E-state index is 13.2. The summed E-state index contributed by atoms with van der Waals surface area (Å²) in [5.41, 5.74) is 1.47. The van der Waals surface area contributed by atoms with Crippen LogP contribution in [0.5, 0.6) is 17.2 Å². The highest BCUT2D eigenvalue weighted by molar-refractivity contribution is 7.92. The van der Waals surface area contributed by atoms with Crippen LogP contribution in [0.25, 0.3) is 11.3 Å². The quantitative estimate of drug-likeness (QED) is 0.493. The number of methoxy groups -OCH3 is 3. The zero-order chi connectivity index (χ0) is 25.2. The molecule has 2 aromatic carbocycles. The van der Waals surface area contributed by atoms with Crippen molar-refractivity contribution in [1.82, 2.24) is 15.1 Å². The lowest BCUT2D eigenvalue weighted by Gasteiger charge is -2.31. The monoisotopic (exact) mass is 503 g/mol. The number of hydrogen-bond acceptors (Lipinski definition) is 7. The molecule has 1 aliphatic rings. The summed E-state index contributed by atoms with van der Waals surface area (Å²) >= 11 is 0. The van der Waals surface area contributed by atoms with Gasteiger partial charge in [0, 0.05) is 18.7 Å². The summed E-state index contributed by atoms with van der Waals surface area (Å²) in [6.07, 6.45) is 0.582. The molecule has 0 spiro atoms. The summed E-state index contributed by atoms with van der Waals surface area (Å²) < 4.78 is 55.0. The van der Waals surface area contributed by atoms with Crippen LogP contribution in [-0.4, -0.2) is 69.1 Å². The number of rotatable bonds is 7. The topological polar surface area (TPSA) is 111 Å². The van der Waals surface area contributed by atoms with Crippen molar-refractivity contribution >= 4 is 15.7 Å². The lowest BCUT2D eigenvalue weighted by Crippen LogP contribution is -2.42. The predicted molar refractivity (Wildman–Crippen MR) is 126 cm³/mol. The number of halogens is 1. The van der Waals surface area contributed by atoms with Crippen molar-refractivity contribution in [2.75, 3.05) is 34.4 Å². The molecule has 1 aromatic heterocycles. The van der Waals surface area contributed by atoms with Gasteiger partial charge in [0.1, 0.15) is 11.5 Å². The molecule has 1 amide bonds. The summed E-state index contributed by atoms with van der Waals surface area (Å²) in [6.45, 7) is 0.560. The first kappa shape index (κ1) is 24.5. The Morgan fingerprint density at radius 1 is 1.00 bits per heavy atom. The van der Waals surface area contributed by atoms with Crippen molar-refractivity contribution in [1.29, 1.82) is 0 Å². The lowest BCUT2D eigenvalue weighted by molar-refractivity contribution is 0.0719. The number of ether oxygens (including phenoxy) is 3. The normalized spacial score (nSPS) is 14.6. The smallest absolute Gasteiger partial charge is 0.271 e. The van der Waals surface area contributed by atoms with Crippen LogP contribution in [0, 0.1) is 5.82 Å². The second-order valence-corrected chi connectivity index (χ2v) is 10.3. The van der Waals surface area contributed by atoms with Crippen LogP contribution in [-0.2, 0) is 9.84 Å². The molecule has 2 heterocycles. The number of sulfone groups is 1. The number of carbonyl (C=O) groups excluding carboxylic acids is 1. The van der Waals surface area contributed by atoms with E-state index in [2.05, 4.69) is 10.2 Å². The van der Waals surface area contributed by atoms with E-state index in [-0.39, 0.29) is 29.6 Å². The van der Waals surface area contributed by atoms with Gasteiger partial charge < -0.3 is 19.1 Å². The summed E-state index contributed by atoms with van der Waals surface area (Å²) in [5.74, 6) is 0.608. The highest BCUT2D eigenvalue weighted by Gasteiger charge is 2.33. The average molecular weight is 504 g/mol. The van der Waals surface area contributed by atoms with Crippen LogP contribution in [0.1, 0.15) is 23.3 Å². The minimum atomic E-state index is -3.60. The predicted octanol–water partition coefficient (Wildman–Crippen LogP) is 3.32. The highest BCUT2D eigenvalue weighted by Crippen LogP contribution is 2.41. The Labute approximate surface area is 202 Å². The largest absolute Gasteiger partial charge is 0.493 e. The lowest BCUT2D eigenvalue weighted by atomic mass is 10.1. The van der Waals surface area contributed by atoms with Crippen molar-refractivity contribution in [3.8, 4) is 28.5 Å². The Balaban J connectivity index is 1.47. The van der Waals surface area contributed by atoms with Crippen LogP contribution < -0.4 is 14.2 Å². The maximum atomic E-state index is 13.2. The molecular formula is C24H26FN3O6S. The molecule has 1 N–H and O–H groups in total. The number of amides is 1. The molecule has 35 heavy (non-hydrogen) atoms. The number of carbonyl (C=O) groups is 1. The molecule has 186 valence electrons. The first-order valence-corrected chi connectivity index (χ1v) is 12.5. The number of nitrogens with one attached hydrogen (secondary N) is 1. The molecule has 0 atom stereocenters. The molecule has 0 aliphatic carbocycles. The number of nitrogens with zero attached hydrogens (tertiary/aromatic N) is 2. The van der Waals surface area contributed by atoms with Crippen LogP contribution in [0.2, 0.25) is 0 Å². The Kier molecular flexibility index (Phi) is 6.97. The number of likely N-dealkylation sites (tertiary alicyclic amines) is 1. The summed E-state index contributed by atoms with van der Waals surface area (Å²) in [4.78, 5) is 14.7. The number of H-pyrrole nitrogens is 1. The molecule has 11 heteroatoms. The third-order valence-electron chi connectivity index (χ3n) is 6.08. The van der Waals surface area contributed by atoms with Crippen molar-refractivity contribution in [3.63, 3.8) is 0 Å². The summed E-state index contributed by atoms with van der Waals surface area (Å²) in [7, 11) is 0.940. The van der Waals surface area contributed by atoms with E-state index < -0.39 is 20.9 Å². The van der Waals surface area contributed by atoms with Gasteiger partial charge in [-0.05, 0) is 55.3 Å². The Hall–Kier alpha value is -3.60. The molecule has 1 aliphatic heterocycles. The first-order chi connectivity index (χ1) is 16.8. The van der Waals surface area contributed by atoms with Gasteiger partial charge in [-0.25, -0.2) is 12.8 Å². The molecular weight excluding hydrogens is 477 g/mol. The third kappa shape index (κ3) is 4.81. The van der Waals surface area contributed by atoms with E-state index in [1.807, 2.05) is 0 Å². The van der Waals surface area contributed by atoms with Gasteiger partial charge in [-0.1, -0.05) is 0 Å². The number of piperidine rings is 1. The molecule has 3 aromatic rings. The zero-order valence-corrected chi connectivity index (χ0v) is 20.4. The zero-order valence-electron chi connectivity index (χ0n) is 19.6. The second kappa shape index (κ2) is 9.95. The van der Waals surface area contributed by atoms with Gasteiger partial charge in [0.05, 0.1) is 37.2 Å². The van der Waals surface area contributed by atoms with Crippen LogP contribution in [0.3, 0.4) is 0 Å². The van der Waals surface area contributed by atoms with Crippen molar-refractivity contribution in [2.45, 2.75) is 23.0 Å². The van der Waals surface area contributed by atoms with Gasteiger partial charge >= 0.3 is 0 Å². The van der Waals surface area contributed by atoms with Crippen molar-refractivity contribution < 1.29 is 31.8 Å². The fraction of sp³-hybridized carbons (Fsp3) is 0.333. The molecule has 9 nitrogen and oxygen atoms in total. The van der Waals surface area contributed by atoms with Gasteiger partial charge in [-0.3, -0.25) is 9.89 Å². The fourth-order valence-electron chi connectivity index (χ4n) is 4.16. The fourth-order valence-corrected chi connectivity index (χ4v) is 5.90. The van der Waals surface area contributed by atoms with E-state index in [9.17, 15) is 17.6 Å². The first-order valence-electron chi connectivity index (χ1n) is 10.9. The Morgan fingerprint density at radius 3 is 2.14 bits per heavy atom. The van der Waals surface area contributed by atoms with E-state index in [1.54, 1.807) is 23.1 Å². The van der Waals surface area contributed by atoms with Gasteiger partial charge in [-0.15, -0.1) is 0 Å². The number of benzene rings is 2. The molecule has 1 saturated heterocycles. The van der Waals surface area contributed by atoms with E-state index in [4.69, 9.17) is 14.2 Å². The minimum absolute atomic E-state index is 0.0900. The third-order valence-corrected chi connectivity index (χ3v) is 8.36. The Morgan fingerprint density at radius 2 is 1.60 bits per heavy atom. The van der Waals surface area contributed by atoms with Gasteiger partial charge in [0.15, 0.2) is 21.3 Å². The minimum Gasteiger partial charge on any atom is -0.493 e. The Bertz CT molecular complexity index is 1290. The van der Waals surface area contributed by atoms with E-state index >= 15 is 0 Å². The maximum Gasteiger partial charge on any atom is 0.271 e. The number of hydrogen-bond donors (Lipinski definition) is 1. The highest BCUT2D eigenvalue weighted by atomic mass is 32.2.